The van der Waals surface area contributed by atoms with Crippen molar-refractivity contribution in [2.75, 3.05) is 0 Å². The smallest absolute Gasteiger partial charge is 0.505 e. The van der Waals surface area contributed by atoms with E-state index in [1.54, 1.807) is 0 Å². The van der Waals surface area contributed by atoms with Gasteiger partial charge in [0.1, 0.15) is 6.07 Å². The second-order valence-electron chi connectivity index (χ2n) is 2.18. The molecule has 0 amide bonds. The van der Waals surface area contributed by atoms with E-state index in [1.807, 2.05) is 0 Å². The largest absolute Gasteiger partial charge is 0.574 e. The van der Waals surface area contributed by atoms with Gasteiger partial charge in [0.25, 0.3) is 0 Å². The number of rotatable bonds is 1. The highest BCUT2D eigenvalue weighted by molar-refractivity contribution is 5.38. The van der Waals surface area contributed by atoms with Crippen molar-refractivity contribution in [1.82, 2.24) is 4.98 Å². The summed E-state index contributed by atoms with van der Waals surface area (Å²) in [6, 6.07) is 3.12. The lowest BCUT2D eigenvalue weighted by Gasteiger charge is -2.07. The zero-order valence-electron chi connectivity index (χ0n) is 6.54. The van der Waals surface area contributed by atoms with Crippen molar-refractivity contribution < 1.29 is 23.0 Å². The number of aromatic hydroxyl groups is 1. The highest BCUT2D eigenvalue weighted by atomic mass is 19.4. The number of nitrogens with zero attached hydrogens (tertiary/aromatic N) is 2. The molecule has 0 aliphatic rings. The molecule has 0 saturated carbocycles. The molecule has 0 radical (unpaired) electrons. The number of halogens is 3. The second kappa shape index (κ2) is 3.41. The Hall–Kier alpha value is -1.97. The van der Waals surface area contributed by atoms with Gasteiger partial charge >= 0.3 is 6.36 Å². The summed E-state index contributed by atoms with van der Waals surface area (Å²) < 4.78 is 38.4. The van der Waals surface area contributed by atoms with Crippen molar-refractivity contribution >= 4 is 0 Å². The highest BCUT2D eigenvalue weighted by Gasteiger charge is 2.32. The lowest BCUT2D eigenvalue weighted by molar-refractivity contribution is -0.276. The van der Waals surface area contributed by atoms with Gasteiger partial charge in [-0.15, -0.1) is 13.2 Å². The maximum atomic E-state index is 11.7. The number of nitriles is 1. The van der Waals surface area contributed by atoms with Crippen molar-refractivity contribution in [3.8, 4) is 17.7 Å². The lowest BCUT2D eigenvalue weighted by atomic mass is 10.3. The molecule has 1 aromatic heterocycles. The van der Waals surface area contributed by atoms with E-state index >= 15 is 0 Å². The van der Waals surface area contributed by atoms with Crippen molar-refractivity contribution in [3.63, 3.8) is 0 Å². The summed E-state index contributed by atoms with van der Waals surface area (Å²) in [4.78, 5) is 3.12. The molecule has 1 N–H and O–H groups in total. The standard InChI is InChI=1S/C7H3F3N2O2/c8-7(9,10)14-6-2-1-5(13)4(3-11)12-6/h1-2,13H. The summed E-state index contributed by atoms with van der Waals surface area (Å²) in [7, 11) is 0. The fraction of sp³-hybridized carbons (Fsp3) is 0.143. The van der Waals surface area contributed by atoms with Crippen molar-refractivity contribution in [2.45, 2.75) is 6.36 Å². The molecule has 1 aromatic rings. The van der Waals surface area contributed by atoms with Gasteiger partial charge in [-0.3, -0.25) is 0 Å². The Morgan fingerprint density at radius 2 is 2.07 bits per heavy atom. The Balaban J connectivity index is 2.97. The molecule has 0 aromatic carbocycles. The van der Waals surface area contributed by atoms with Gasteiger partial charge in [0.05, 0.1) is 0 Å². The van der Waals surface area contributed by atoms with Crippen LogP contribution in [0.5, 0.6) is 11.6 Å². The van der Waals surface area contributed by atoms with E-state index in [1.165, 1.54) is 6.07 Å². The van der Waals surface area contributed by atoms with Crippen LogP contribution in [0.1, 0.15) is 5.69 Å². The van der Waals surface area contributed by atoms with E-state index in [2.05, 4.69) is 9.72 Å². The summed E-state index contributed by atoms with van der Waals surface area (Å²) in [6.07, 6.45) is -4.86. The van der Waals surface area contributed by atoms with Gasteiger partial charge in [-0.1, -0.05) is 0 Å². The molecule has 0 fully saturated rings. The molecule has 1 heterocycles. The molecule has 4 nitrogen and oxygen atoms in total. The van der Waals surface area contributed by atoms with E-state index in [-0.39, 0.29) is 0 Å². The van der Waals surface area contributed by atoms with Gasteiger partial charge in [-0.2, -0.15) is 10.2 Å². The van der Waals surface area contributed by atoms with Gasteiger partial charge < -0.3 is 9.84 Å². The van der Waals surface area contributed by atoms with Crippen LogP contribution in [-0.4, -0.2) is 16.5 Å². The average Bonchev–Trinajstić information content (AvgIpc) is 2.06. The summed E-state index contributed by atoms with van der Waals surface area (Å²) >= 11 is 0. The molecule has 0 atom stereocenters. The van der Waals surface area contributed by atoms with Crippen molar-refractivity contribution in [1.29, 1.82) is 5.26 Å². The predicted molar refractivity (Wildman–Crippen MR) is 37.3 cm³/mol. The molecule has 0 spiro atoms. The molecule has 74 valence electrons. The third kappa shape index (κ3) is 2.52. The van der Waals surface area contributed by atoms with Crippen LogP contribution in [-0.2, 0) is 0 Å². The normalized spacial score (nSPS) is 10.7. The quantitative estimate of drug-likeness (QED) is 0.753. The third-order valence-corrected chi connectivity index (χ3v) is 1.17. The average molecular weight is 204 g/mol. The van der Waals surface area contributed by atoms with Crippen LogP contribution in [0.2, 0.25) is 0 Å². The van der Waals surface area contributed by atoms with E-state index < -0.39 is 23.7 Å². The van der Waals surface area contributed by atoms with Crippen LogP contribution in [0, 0.1) is 11.3 Å². The number of ether oxygens (including phenoxy) is 1. The van der Waals surface area contributed by atoms with Crippen LogP contribution in [0.25, 0.3) is 0 Å². The van der Waals surface area contributed by atoms with Gasteiger partial charge in [0, 0.05) is 6.07 Å². The second-order valence-corrected chi connectivity index (χ2v) is 2.18. The van der Waals surface area contributed by atoms with Crippen LogP contribution in [0.4, 0.5) is 13.2 Å². The summed E-state index contributed by atoms with van der Waals surface area (Å²) in [5.74, 6) is -1.28. The topological polar surface area (TPSA) is 66.1 Å². The molecule has 14 heavy (non-hydrogen) atoms. The lowest BCUT2D eigenvalue weighted by Crippen LogP contribution is -2.18. The van der Waals surface area contributed by atoms with E-state index in [4.69, 9.17) is 10.4 Å². The Labute approximate surface area is 76.2 Å². The summed E-state index contributed by atoms with van der Waals surface area (Å²) in [5, 5.41) is 17.2. The fourth-order valence-electron chi connectivity index (χ4n) is 0.692. The van der Waals surface area contributed by atoms with E-state index in [0.717, 1.165) is 12.1 Å². The van der Waals surface area contributed by atoms with Crippen LogP contribution in [0.3, 0.4) is 0 Å². The Bertz CT molecular complexity index is 384. The molecule has 0 bridgehead atoms. The molecule has 7 heteroatoms. The first kappa shape index (κ1) is 10.1. The SMILES string of the molecule is N#Cc1nc(OC(F)(F)F)ccc1O. The van der Waals surface area contributed by atoms with Gasteiger partial charge in [-0.25, -0.2) is 0 Å². The maximum absolute atomic E-state index is 11.7. The Morgan fingerprint density at radius 1 is 1.43 bits per heavy atom. The minimum atomic E-state index is -4.86. The van der Waals surface area contributed by atoms with E-state index in [0.29, 0.717) is 0 Å². The van der Waals surface area contributed by atoms with Gasteiger partial charge in [0.15, 0.2) is 11.4 Å². The molecule has 0 saturated heterocycles. The van der Waals surface area contributed by atoms with Gasteiger partial charge in [0.2, 0.25) is 5.88 Å². The first-order chi connectivity index (χ1) is 6.42. The third-order valence-electron chi connectivity index (χ3n) is 1.17. The van der Waals surface area contributed by atoms with Gasteiger partial charge in [-0.05, 0) is 6.07 Å². The number of hydrogen-bond donors (Lipinski definition) is 1. The van der Waals surface area contributed by atoms with Crippen molar-refractivity contribution in [2.24, 2.45) is 0 Å². The highest BCUT2D eigenvalue weighted by Crippen LogP contribution is 2.23. The monoisotopic (exact) mass is 204 g/mol. The maximum Gasteiger partial charge on any atom is 0.574 e. The molecular weight excluding hydrogens is 201 g/mol. The number of aromatic nitrogens is 1. The number of hydrogen-bond acceptors (Lipinski definition) is 4. The molecule has 0 aliphatic heterocycles. The summed E-state index contributed by atoms with van der Waals surface area (Å²) in [6.45, 7) is 0. The minimum absolute atomic E-state index is 0.498. The van der Waals surface area contributed by atoms with E-state index in [9.17, 15) is 13.2 Å². The number of alkyl halides is 3. The zero-order chi connectivity index (χ0) is 10.8. The molecule has 0 unspecified atom stereocenters. The van der Waals surface area contributed by atoms with Crippen molar-refractivity contribution in [3.05, 3.63) is 17.8 Å². The first-order valence-corrected chi connectivity index (χ1v) is 3.28. The van der Waals surface area contributed by atoms with Crippen LogP contribution < -0.4 is 4.74 Å². The number of pyridine rings is 1. The molecular formula is C7H3F3N2O2. The molecule has 0 aliphatic carbocycles. The summed E-state index contributed by atoms with van der Waals surface area (Å²) in [5.41, 5.74) is -0.522. The minimum Gasteiger partial charge on any atom is -0.505 e. The Morgan fingerprint density at radius 3 is 2.57 bits per heavy atom. The fourth-order valence-corrected chi connectivity index (χ4v) is 0.692. The zero-order valence-corrected chi connectivity index (χ0v) is 6.54. The Kier molecular flexibility index (Phi) is 2.47. The van der Waals surface area contributed by atoms with Crippen LogP contribution in [0.15, 0.2) is 12.1 Å². The predicted octanol–water partition coefficient (Wildman–Crippen LogP) is 1.56. The molecule has 1 rings (SSSR count). The van der Waals surface area contributed by atoms with Crippen LogP contribution >= 0.6 is 0 Å². The first-order valence-electron chi connectivity index (χ1n) is 3.28.